The molecular weight excluding hydrogens is 430 g/mol. The minimum absolute atomic E-state index is 0.0776. The van der Waals surface area contributed by atoms with Crippen molar-refractivity contribution in [3.8, 4) is 0 Å². The molecule has 2 saturated heterocycles. The Balaban J connectivity index is 1.30. The van der Waals surface area contributed by atoms with Crippen LogP contribution in [0.3, 0.4) is 0 Å². The van der Waals surface area contributed by atoms with Gasteiger partial charge in [-0.1, -0.05) is 54.1 Å². The van der Waals surface area contributed by atoms with E-state index in [4.69, 9.17) is 11.6 Å². The van der Waals surface area contributed by atoms with Gasteiger partial charge in [0.15, 0.2) is 0 Å². The number of hydrogen-bond donors (Lipinski definition) is 2. The number of piperidine rings is 1. The molecule has 7 nitrogen and oxygen atoms in total. The van der Waals surface area contributed by atoms with E-state index in [0.29, 0.717) is 37.4 Å². The van der Waals surface area contributed by atoms with Crippen molar-refractivity contribution in [2.45, 2.75) is 37.3 Å². The van der Waals surface area contributed by atoms with Gasteiger partial charge in [0.2, 0.25) is 5.91 Å². The molecule has 0 aromatic heterocycles. The Morgan fingerprint density at radius 3 is 2.38 bits per heavy atom. The summed E-state index contributed by atoms with van der Waals surface area (Å²) < 4.78 is 0. The first-order chi connectivity index (χ1) is 15.4. The van der Waals surface area contributed by atoms with Crippen molar-refractivity contribution in [1.82, 2.24) is 15.1 Å². The molecule has 0 saturated carbocycles. The van der Waals surface area contributed by atoms with Gasteiger partial charge in [0.1, 0.15) is 6.04 Å². The number of hydrogen-bond acceptors (Lipinski definition) is 4. The van der Waals surface area contributed by atoms with E-state index in [1.54, 1.807) is 29.2 Å². The lowest BCUT2D eigenvalue weighted by Crippen LogP contribution is -2.47. The van der Waals surface area contributed by atoms with Crippen LogP contribution in [0.1, 0.15) is 30.4 Å². The molecule has 0 aliphatic carbocycles. The molecule has 0 radical (unpaired) electrons. The number of carbonyl (C=O) groups is 3. The smallest absolute Gasteiger partial charge is 0.324 e. The highest BCUT2D eigenvalue weighted by atomic mass is 35.5. The van der Waals surface area contributed by atoms with E-state index < -0.39 is 17.7 Å². The molecule has 2 aliphatic heterocycles. The Morgan fingerprint density at radius 1 is 1.06 bits per heavy atom. The maximum Gasteiger partial charge on any atom is 0.324 e. The molecule has 2 aromatic rings. The number of aliphatic hydroxyl groups is 1. The molecule has 2 aliphatic rings. The van der Waals surface area contributed by atoms with Crippen molar-refractivity contribution < 1.29 is 19.5 Å². The van der Waals surface area contributed by atoms with Gasteiger partial charge < -0.3 is 15.3 Å². The molecule has 1 unspecified atom stereocenters. The third-order valence-electron chi connectivity index (χ3n) is 6.28. The molecule has 2 N–H and O–H groups in total. The number of carbonyl (C=O) groups excluding carboxylic acids is 3. The van der Waals surface area contributed by atoms with E-state index in [1.165, 1.54) is 4.90 Å². The number of imide groups is 1. The van der Waals surface area contributed by atoms with Gasteiger partial charge in [0.05, 0.1) is 12.0 Å². The summed E-state index contributed by atoms with van der Waals surface area (Å²) in [4.78, 5) is 40.6. The quantitative estimate of drug-likeness (QED) is 0.655. The summed E-state index contributed by atoms with van der Waals surface area (Å²) in [5.41, 5.74) is 0.808. The van der Waals surface area contributed by atoms with E-state index >= 15 is 0 Å². The van der Waals surface area contributed by atoms with Crippen LogP contribution in [-0.4, -0.2) is 58.4 Å². The van der Waals surface area contributed by atoms with Crippen molar-refractivity contribution >= 4 is 29.4 Å². The van der Waals surface area contributed by atoms with Crippen molar-refractivity contribution in [3.63, 3.8) is 0 Å². The summed E-state index contributed by atoms with van der Waals surface area (Å²) in [6.07, 6.45) is 1.28. The van der Waals surface area contributed by atoms with E-state index in [-0.39, 0.29) is 24.8 Å². The average Bonchev–Trinajstić information content (AvgIpc) is 3.06. The third-order valence-corrected chi connectivity index (χ3v) is 6.53. The van der Waals surface area contributed by atoms with Crippen LogP contribution in [0.2, 0.25) is 5.02 Å². The van der Waals surface area contributed by atoms with Crippen LogP contribution in [0.25, 0.3) is 0 Å². The van der Waals surface area contributed by atoms with E-state index in [0.717, 1.165) is 11.1 Å². The lowest BCUT2D eigenvalue weighted by molar-refractivity contribution is -0.139. The van der Waals surface area contributed by atoms with Crippen LogP contribution in [0.15, 0.2) is 54.6 Å². The minimum atomic E-state index is -1.01. The SMILES string of the molecule is O=C(CC1NC(=O)N(CCc2ccccc2)C1=O)N1CCC(O)(c2ccc(Cl)cc2)CC1. The van der Waals surface area contributed by atoms with Gasteiger partial charge in [-0.15, -0.1) is 0 Å². The highest BCUT2D eigenvalue weighted by Crippen LogP contribution is 2.33. The number of nitrogens with one attached hydrogen (secondary N) is 1. The topological polar surface area (TPSA) is 90.0 Å². The molecule has 0 bridgehead atoms. The fraction of sp³-hybridized carbons (Fsp3) is 0.375. The van der Waals surface area contributed by atoms with Crippen LogP contribution < -0.4 is 5.32 Å². The van der Waals surface area contributed by atoms with Crippen LogP contribution in [0.4, 0.5) is 4.79 Å². The zero-order chi connectivity index (χ0) is 22.7. The van der Waals surface area contributed by atoms with E-state index in [2.05, 4.69) is 5.32 Å². The fourth-order valence-electron chi connectivity index (χ4n) is 4.29. The number of urea groups is 1. The Labute approximate surface area is 192 Å². The van der Waals surface area contributed by atoms with Crippen molar-refractivity contribution in [1.29, 1.82) is 0 Å². The highest BCUT2D eigenvalue weighted by molar-refractivity contribution is 6.30. The van der Waals surface area contributed by atoms with E-state index in [1.807, 2.05) is 30.3 Å². The number of rotatable bonds is 6. The monoisotopic (exact) mass is 455 g/mol. The van der Waals surface area contributed by atoms with Crippen molar-refractivity contribution in [3.05, 3.63) is 70.7 Å². The van der Waals surface area contributed by atoms with Gasteiger partial charge in [-0.2, -0.15) is 0 Å². The highest BCUT2D eigenvalue weighted by Gasteiger charge is 2.41. The van der Waals surface area contributed by atoms with Crippen LogP contribution in [0, 0.1) is 0 Å². The third kappa shape index (κ3) is 4.79. The molecule has 2 aromatic carbocycles. The second kappa shape index (κ2) is 9.30. The number of nitrogens with zero attached hydrogens (tertiary/aromatic N) is 2. The Bertz CT molecular complexity index is 988. The zero-order valence-corrected chi connectivity index (χ0v) is 18.4. The average molecular weight is 456 g/mol. The zero-order valence-electron chi connectivity index (χ0n) is 17.7. The first kappa shape index (κ1) is 22.3. The second-order valence-electron chi connectivity index (χ2n) is 8.35. The molecular formula is C24H26ClN3O4. The van der Waals surface area contributed by atoms with Gasteiger partial charge in [-0.3, -0.25) is 14.5 Å². The van der Waals surface area contributed by atoms with Crippen LogP contribution in [-0.2, 0) is 21.6 Å². The molecule has 0 spiro atoms. The van der Waals surface area contributed by atoms with Gasteiger partial charge in [0.25, 0.3) is 5.91 Å². The molecule has 32 heavy (non-hydrogen) atoms. The Morgan fingerprint density at radius 2 is 1.72 bits per heavy atom. The lowest BCUT2D eigenvalue weighted by atomic mass is 9.84. The van der Waals surface area contributed by atoms with Crippen molar-refractivity contribution in [2.24, 2.45) is 0 Å². The molecule has 168 valence electrons. The van der Waals surface area contributed by atoms with Gasteiger partial charge in [-0.25, -0.2) is 4.79 Å². The normalized spacial score (nSPS) is 20.4. The Kier molecular flexibility index (Phi) is 6.48. The first-order valence-electron chi connectivity index (χ1n) is 10.8. The van der Waals surface area contributed by atoms with Crippen LogP contribution in [0.5, 0.6) is 0 Å². The van der Waals surface area contributed by atoms with Crippen molar-refractivity contribution in [2.75, 3.05) is 19.6 Å². The standard InChI is InChI=1S/C24H26ClN3O4/c25-19-8-6-18(7-9-19)24(32)11-14-27(15-12-24)21(29)16-20-22(30)28(23(31)26-20)13-10-17-4-2-1-3-5-17/h1-9,20,32H,10-16H2,(H,26,31). The number of likely N-dealkylation sites (tertiary alicyclic amines) is 1. The predicted molar refractivity (Wildman–Crippen MR) is 120 cm³/mol. The maximum absolute atomic E-state index is 12.8. The summed E-state index contributed by atoms with van der Waals surface area (Å²) in [7, 11) is 0. The second-order valence-corrected chi connectivity index (χ2v) is 8.79. The van der Waals surface area contributed by atoms with E-state index in [9.17, 15) is 19.5 Å². The molecule has 8 heteroatoms. The minimum Gasteiger partial charge on any atom is -0.385 e. The number of amides is 4. The molecule has 1 atom stereocenters. The van der Waals surface area contributed by atoms with Gasteiger partial charge in [0, 0.05) is 24.7 Å². The number of benzene rings is 2. The molecule has 2 heterocycles. The maximum atomic E-state index is 12.8. The summed E-state index contributed by atoms with van der Waals surface area (Å²) in [5, 5.41) is 14.2. The lowest BCUT2D eigenvalue weighted by Gasteiger charge is -2.38. The largest absolute Gasteiger partial charge is 0.385 e. The van der Waals surface area contributed by atoms with Gasteiger partial charge >= 0.3 is 6.03 Å². The van der Waals surface area contributed by atoms with Crippen LogP contribution >= 0.6 is 11.6 Å². The molecule has 4 rings (SSSR count). The fourth-order valence-corrected chi connectivity index (χ4v) is 4.42. The van der Waals surface area contributed by atoms with Gasteiger partial charge in [-0.05, 0) is 42.5 Å². The molecule has 2 fully saturated rings. The summed E-state index contributed by atoms with van der Waals surface area (Å²) >= 11 is 5.93. The summed E-state index contributed by atoms with van der Waals surface area (Å²) in [6, 6.07) is 15.4. The summed E-state index contributed by atoms with van der Waals surface area (Å²) in [5.74, 6) is -0.569. The Hall–Kier alpha value is -2.90. The summed E-state index contributed by atoms with van der Waals surface area (Å²) in [6.45, 7) is 1.03. The first-order valence-corrected chi connectivity index (χ1v) is 11.2. The number of halogens is 1. The molecule has 4 amide bonds. The predicted octanol–water partition coefficient (Wildman–Crippen LogP) is 2.70.